The maximum atomic E-state index is 11.3. The minimum absolute atomic E-state index is 0.170. The molecule has 18 heavy (non-hydrogen) atoms. The maximum Gasteiger partial charge on any atom is 0.433 e. The van der Waals surface area contributed by atoms with Crippen LogP contribution in [-0.2, 0) is 4.74 Å². The molecule has 1 aromatic rings. The highest BCUT2D eigenvalue weighted by Gasteiger charge is 2.30. The quantitative estimate of drug-likeness (QED) is 0.359. The lowest BCUT2D eigenvalue weighted by molar-refractivity contribution is -0.402. The molecule has 1 atom stereocenters. The third kappa shape index (κ3) is 2.59. The van der Waals surface area contributed by atoms with Gasteiger partial charge in [-0.1, -0.05) is 0 Å². The monoisotopic (exact) mass is 273 g/mol. The molecule has 1 aliphatic heterocycles. The van der Waals surface area contributed by atoms with Crippen LogP contribution in [0, 0.1) is 10.1 Å². The molecule has 1 saturated heterocycles. The van der Waals surface area contributed by atoms with Gasteiger partial charge in [0.15, 0.2) is 5.76 Å². The molecule has 9 heteroatoms. The van der Waals surface area contributed by atoms with Gasteiger partial charge < -0.3 is 9.15 Å². The summed E-state index contributed by atoms with van der Waals surface area (Å²) in [5.41, 5.74) is 0. The summed E-state index contributed by atoms with van der Waals surface area (Å²) >= 11 is 5.54. The number of cyclic esters (lactones) is 1. The van der Waals surface area contributed by atoms with E-state index in [1.54, 1.807) is 0 Å². The van der Waals surface area contributed by atoms with E-state index < -0.39 is 17.1 Å². The van der Waals surface area contributed by atoms with Crippen LogP contribution < -0.4 is 0 Å². The second-order valence-electron chi connectivity index (χ2n) is 3.42. The van der Waals surface area contributed by atoms with Crippen molar-refractivity contribution in [2.24, 2.45) is 5.10 Å². The molecule has 0 N–H and O–H groups in total. The van der Waals surface area contributed by atoms with Gasteiger partial charge >= 0.3 is 12.0 Å². The zero-order valence-corrected chi connectivity index (χ0v) is 9.74. The number of halogens is 1. The van der Waals surface area contributed by atoms with E-state index in [9.17, 15) is 14.9 Å². The normalized spacial score (nSPS) is 19.5. The van der Waals surface area contributed by atoms with Crippen LogP contribution in [0.1, 0.15) is 5.76 Å². The van der Waals surface area contributed by atoms with E-state index in [2.05, 4.69) is 5.10 Å². The fourth-order valence-electron chi connectivity index (χ4n) is 1.32. The number of amides is 1. The number of nitro groups is 1. The summed E-state index contributed by atoms with van der Waals surface area (Å²) in [6, 6.07) is 2.58. The van der Waals surface area contributed by atoms with Crippen molar-refractivity contribution in [3.8, 4) is 0 Å². The van der Waals surface area contributed by atoms with Crippen molar-refractivity contribution < 1.29 is 18.9 Å². The van der Waals surface area contributed by atoms with Crippen molar-refractivity contribution in [2.45, 2.75) is 6.10 Å². The van der Waals surface area contributed by atoms with Gasteiger partial charge in [0.2, 0.25) is 0 Å². The molecular weight excluding hydrogens is 266 g/mol. The third-order valence-corrected chi connectivity index (χ3v) is 2.49. The Kier molecular flexibility index (Phi) is 3.47. The molecule has 1 aromatic heterocycles. The van der Waals surface area contributed by atoms with Crippen LogP contribution in [-0.4, -0.2) is 40.8 Å². The van der Waals surface area contributed by atoms with E-state index >= 15 is 0 Å². The van der Waals surface area contributed by atoms with E-state index in [1.165, 1.54) is 18.3 Å². The number of hydrogen-bond donors (Lipinski definition) is 0. The standard InChI is InChI=1S/C9H8ClN3O5/c10-3-7-5-12(9(14)18-7)11-4-6-1-2-8(17-6)13(15)16/h1-2,4,7H,3,5H2. The fourth-order valence-corrected chi connectivity index (χ4v) is 1.48. The van der Waals surface area contributed by atoms with Crippen LogP contribution in [0.15, 0.2) is 21.7 Å². The summed E-state index contributed by atoms with van der Waals surface area (Å²) in [5.74, 6) is -0.0350. The van der Waals surface area contributed by atoms with Crippen molar-refractivity contribution in [1.29, 1.82) is 0 Å². The first-order valence-corrected chi connectivity index (χ1v) is 5.46. The summed E-state index contributed by atoms with van der Waals surface area (Å²) in [4.78, 5) is 21.0. The van der Waals surface area contributed by atoms with Crippen LogP contribution in [0.4, 0.5) is 10.7 Å². The predicted molar refractivity (Wildman–Crippen MR) is 60.7 cm³/mol. The highest BCUT2D eigenvalue weighted by atomic mass is 35.5. The minimum Gasteiger partial charge on any atom is -0.442 e. The molecule has 0 saturated carbocycles. The number of ether oxygens (including phenoxy) is 1. The Morgan fingerprint density at radius 3 is 3.00 bits per heavy atom. The number of carbonyl (C=O) groups is 1. The molecule has 0 radical (unpaired) electrons. The zero-order valence-electron chi connectivity index (χ0n) is 8.98. The van der Waals surface area contributed by atoms with Gasteiger partial charge in [-0.25, -0.2) is 4.79 Å². The summed E-state index contributed by atoms with van der Waals surface area (Å²) in [5, 5.41) is 15.3. The van der Waals surface area contributed by atoms with E-state index in [0.29, 0.717) is 0 Å². The molecule has 96 valence electrons. The zero-order chi connectivity index (χ0) is 13.1. The molecule has 2 heterocycles. The van der Waals surface area contributed by atoms with Crippen LogP contribution in [0.5, 0.6) is 0 Å². The number of alkyl halides is 1. The summed E-state index contributed by atoms with van der Waals surface area (Å²) in [7, 11) is 0. The Balaban J connectivity index is 2.02. The molecule has 1 aliphatic rings. The second-order valence-corrected chi connectivity index (χ2v) is 3.73. The average molecular weight is 274 g/mol. The molecule has 8 nitrogen and oxygen atoms in total. The first kappa shape index (κ1) is 12.4. The maximum absolute atomic E-state index is 11.3. The SMILES string of the molecule is O=C1OC(CCl)CN1N=Cc1ccc([N+](=O)[O-])o1. The smallest absolute Gasteiger partial charge is 0.433 e. The Hall–Kier alpha value is -2.09. The van der Waals surface area contributed by atoms with E-state index in [1.807, 2.05) is 0 Å². The van der Waals surface area contributed by atoms with Gasteiger partial charge in [0.25, 0.3) is 0 Å². The Bertz CT molecular complexity index is 500. The number of rotatable bonds is 4. The van der Waals surface area contributed by atoms with Crippen molar-refractivity contribution in [3.63, 3.8) is 0 Å². The fraction of sp³-hybridized carbons (Fsp3) is 0.333. The molecule has 1 amide bonds. The molecule has 0 bridgehead atoms. The van der Waals surface area contributed by atoms with Gasteiger partial charge in [-0.05, 0) is 6.07 Å². The first-order chi connectivity index (χ1) is 8.60. The Labute approximate surface area is 106 Å². The van der Waals surface area contributed by atoms with Gasteiger partial charge in [-0.3, -0.25) is 10.1 Å². The van der Waals surface area contributed by atoms with Gasteiger partial charge in [-0.15, -0.1) is 11.6 Å². The largest absolute Gasteiger partial charge is 0.442 e. The second kappa shape index (κ2) is 5.05. The molecule has 1 fully saturated rings. The van der Waals surface area contributed by atoms with E-state index in [4.69, 9.17) is 20.8 Å². The number of furan rings is 1. The Morgan fingerprint density at radius 2 is 2.44 bits per heavy atom. The summed E-state index contributed by atoms with van der Waals surface area (Å²) in [6.07, 6.45) is 0.186. The van der Waals surface area contributed by atoms with Crippen molar-refractivity contribution in [1.82, 2.24) is 5.01 Å². The minimum atomic E-state index is -0.662. The third-order valence-electron chi connectivity index (χ3n) is 2.14. The van der Waals surface area contributed by atoms with Gasteiger partial charge in [0.05, 0.1) is 24.7 Å². The molecule has 0 aromatic carbocycles. The Morgan fingerprint density at radius 1 is 1.67 bits per heavy atom. The summed E-state index contributed by atoms with van der Waals surface area (Å²) < 4.78 is 9.70. The molecular formula is C9H8ClN3O5. The molecule has 1 unspecified atom stereocenters. The average Bonchev–Trinajstić information content (AvgIpc) is 2.93. The van der Waals surface area contributed by atoms with E-state index in [0.717, 1.165) is 5.01 Å². The lowest BCUT2D eigenvalue weighted by atomic mass is 10.4. The van der Waals surface area contributed by atoms with Crippen LogP contribution in [0.25, 0.3) is 0 Å². The van der Waals surface area contributed by atoms with Gasteiger partial charge in [0.1, 0.15) is 11.0 Å². The van der Waals surface area contributed by atoms with E-state index in [-0.39, 0.29) is 24.1 Å². The molecule has 0 spiro atoms. The van der Waals surface area contributed by atoms with Crippen LogP contribution >= 0.6 is 11.6 Å². The predicted octanol–water partition coefficient (Wildman–Crippen LogP) is 1.58. The molecule has 2 rings (SSSR count). The van der Waals surface area contributed by atoms with Gasteiger partial charge in [-0.2, -0.15) is 10.1 Å². The number of hydrogen-bond acceptors (Lipinski definition) is 6. The number of nitrogens with zero attached hydrogens (tertiary/aromatic N) is 3. The van der Waals surface area contributed by atoms with Crippen molar-refractivity contribution >= 4 is 29.8 Å². The first-order valence-electron chi connectivity index (χ1n) is 4.92. The van der Waals surface area contributed by atoms with Crippen molar-refractivity contribution in [3.05, 3.63) is 28.0 Å². The number of carbonyl (C=O) groups excluding carboxylic acids is 1. The van der Waals surface area contributed by atoms with Crippen LogP contribution in [0.3, 0.4) is 0 Å². The topological polar surface area (TPSA) is 98.2 Å². The number of hydrazone groups is 1. The van der Waals surface area contributed by atoms with Crippen molar-refractivity contribution in [2.75, 3.05) is 12.4 Å². The lowest BCUT2D eigenvalue weighted by Gasteiger charge is -2.02. The highest BCUT2D eigenvalue weighted by molar-refractivity contribution is 6.18. The molecule has 0 aliphatic carbocycles. The van der Waals surface area contributed by atoms with Gasteiger partial charge in [0, 0.05) is 0 Å². The lowest BCUT2D eigenvalue weighted by Crippen LogP contribution is -2.19. The highest BCUT2D eigenvalue weighted by Crippen LogP contribution is 2.15. The van der Waals surface area contributed by atoms with Crippen LogP contribution in [0.2, 0.25) is 0 Å². The summed E-state index contributed by atoms with van der Waals surface area (Å²) in [6.45, 7) is 0.238.